The van der Waals surface area contributed by atoms with Gasteiger partial charge in [0.2, 0.25) is 0 Å². The van der Waals surface area contributed by atoms with Crippen LogP contribution < -0.4 is 4.74 Å². The molecule has 0 amide bonds. The average molecular weight is 390 g/mol. The molecule has 0 spiro atoms. The summed E-state index contributed by atoms with van der Waals surface area (Å²) < 4.78 is 7.77. The molecular weight excluding hydrogens is 372 g/mol. The molecule has 2 nitrogen and oxygen atoms in total. The first-order valence-corrected chi connectivity index (χ1v) is 8.33. The molecule has 0 heterocycles. The number of aldehydes is 1. The molecule has 0 aliphatic heterocycles. The minimum absolute atomic E-state index is 0.289. The number of halogens is 2. The number of rotatable bonds is 4. The molecule has 104 valence electrons. The van der Waals surface area contributed by atoms with Crippen molar-refractivity contribution in [1.29, 1.82) is 0 Å². The molecular formula is C15H18Br2O2. The first kappa shape index (κ1) is 15.0. The average Bonchev–Trinajstić information content (AvgIpc) is 2.43. The molecule has 1 aromatic carbocycles. The number of benzene rings is 1. The monoisotopic (exact) mass is 388 g/mol. The normalized spacial score (nSPS) is 23.1. The predicted molar refractivity (Wildman–Crippen MR) is 83.9 cm³/mol. The van der Waals surface area contributed by atoms with Crippen molar-refractivity contribution < 1.29 is 9.53 Å². The smallest absolute Gasteiger partial charge is 0.150 e. The molecule has 1 saturated carbocycles. The van der Waals surface area contributed by atoms with Gasteiger partial charge in [-0.1, -0.05) is 13.3 Å². The molecule has 0 atom stereocenters. The molecule has 0 aromatic heterocycles. The van der Waals surface area contributed by atoms with E-state index in [0.29, 0.717) is 5.56 Å². The van der Waals surface area contributed by atoms with Gasteiger partial charge in [0.25, 0.3) is 0 Å². The molecule has 1 aliphatic rings. The number of hydrogen-bond acceptors (Lipinski definition) is 2. The van der Waals surface area contributed by atoms with Crippen LogP contribution in [-0.4, -0.2) is 12.4 Å². The first-order valence-electron chi connectivity index (χ1n) is 6.75. The van der Waals surface area contributed by atoms with Crippen molar-refractivity contribution in [2.45, 2.75) is 45.1 Å². The molecule has 0 N–H and O–H groups in total. The fraction of sp³-hybridized carbons (Fsp3) is 0.533. The van der Waals surface area contributed by atoms with Gasteiger partial charge in [-0.2, -0.15) is 0 Å². The Labute approximate surface area is 131 Å². The van der Waals surface area contributed by atoms with Gasteiger partial charge in [0.15, 0.2) is 0 Å². The van der Waals surface area contributed by atoms with Crippen molar-refractivity contribution >= 4 is 38.1 Å². The van der Waals surface area contributed by atoms with E-state index in [1.54, 1.807) is 12.1 Å². The molecule has 1 aliphatic carbocycles. The van der Waals surface area contributed by atoms with E-state index in [2.05, 4.69) is 38.8 Å². The molecule has 1 aromatic rings. The van der Waals surface area contributed by atoms with Crippen LogP contribution >= 0.6 is 31.9 Å². The predicted octanol–water partition coefficient (Wildman–Crippen LogP) is 5.37. The molecule has 2 rings (SSSR count). The summed E-state index contributed by atoms with van der Waals surface area (Å²) in [7, 11) is 0. The maximum atomic E-state index is 10.8. The summed E-state index contributed by atoms with van der Waals surface area (Å²) in [5.74, 6) is 1.68. The molecule has 0 unspecified atom stereocenters. The molecule has 4 heteroatoms. The van der Waals surface area contributed by atoms with Gasteiger partial charge in [0.1, 0.15) is 12.0 Å². The van der Waals surface area contributed by atoms with Crippen molar-refractivity contribution in [1.82, 2.24) is 0 Å². The summed E-state index contributed by atoms with van der Waals surface area (Å²) in [4.78, 5) is 10.8. The Kier molecular flexibility index (Phi) is 5.46. The van der Waals surface area contributed by atoms with E-state index < -0.39 is 0 Å². The number of carbonyl (C=O) groups is 1. The SMILES string of the molecule is CCC1CCC(Oc2c(Br)cc(C=O)cc2Br)CC1. The first-order chi connectivity index (χ1) is 9.13. The molecule has 0 saturated heterocycles. The summed E-state index contributed by atoms with van der Waals surface area (Å²) in [6.45, 7) is 2.26. The second-order valence-electron chi connectivity index (χ2n) is 5.10. The molecule has 19 heavy (non-hydrogen) atoms. The van der Waals surface area contributed by atoms with Gasteiger partial charge in [0.05, 0.1) is 15.0 Å². The van der Waals surface area contributed by atoms with Gasteiger partial charge in [-0.25, -0.2) is 0 Å². The van der Waals surface area contributed by atoms with Gasteiger partial charge in [0, 0.05) is 5.56 Å². The van der Waals surface area contributed by atoms with E-state index >= 15 is 0 Å². The van der Waals surface area contributed by atoms with Crippen molar-refractivity contribution in [2.75, 3.05) is 0 Å². The van der Waals surface area contributed by atoms with Crippen LogP contribution in [0.15, 0.2) is 21.1 Å². The third-order valence-electron chi connectivity index (χ3n) is 3.81. The van der Waals surface area contributed by atoms with Crippen molar-refractivity contribution in [3.05, 3.63) is 26.6 Å². The van der Waals surface area contributed by atoms with Crippen molar-refractivity contribution in [3.63, 3.8) is 0 Å². The Morgan fingerprint density at radius 2 is 1.79 bits per heavy atom. The highest BCUT2D eigenvalue weighted by Crippen LogP contribution is 2.37. The van der Waals surface area contributed by atoms with E-state index in [4.69, 9.17) is 4.74 Å². The van der Waals surface area contributed by atoms with Gasteiger partial charge in [-0.05, 0) is 75.6 Å². The fourth-order valence-corrected chi connectivity index (χ4v) is 3.99. The Balaban J connectivity index is 2.05. The topological polar surface area (TPSA) is 26.3 Å². The third-order valence-corrected chi connectivity index (χ3v) is 4.99. The standard InChI is InChI=1S/C15H18Br2O2/c1-2-10-3-5-12(6-4-10)19-15-13(16)7-11(9-18)8-14(15)17/h7-10,12H,2-6H2,1H3. The van der Waals surface area contributed by atoms with Crippen molar-refractivity contribution in [3.8, 4) is 5.75 Å². The second kappa shape index (κ2) is 6.89. The molecule has 0 radical (unpaired) electrons. The van der Waals surface area contributed by atoms with Gasteiger partial charge < -0.3 is 4.74 Å². The number of hydrogen-bond donors (Lipinski definition) is 0. The Hall–Kier alpha value is -0.350. The quantitative estimate of drug-likeness (QED) is 0.647. The lowest BCUT2D eigenvalue weighted by molar-refractivity contribution is 0.112. The van der Waals surface area contributed by atoms with Crippen LogP contribution in [0.4, 0.5) is 0 Å². The van der Waals surface area contributed by atoms with Gasteiger partial charge in [-0.15, -0.1) is 0 Å². The summed E-state index contributed by atoms with van der Waals surface area (Å²) in [6.07, 6.45) is 7.14. The van der Waals surface area contributed by atoms with E-state index in [9.17, 15) is 4.79 Å². The second-order valence-corrected chi connectivity index (χ2v) is 6.81. The van der Waals surface area contributed by atoms with E-state index in [-0.39, 0.29) is 6.10 Å². The lowest BCUT2D eigenvalue weighted by atomic mass is 9.86. The summed E-state index contributed by atoms with van der Waals surface area (Å²) in [5, 5.41) is 0. The fourth-order valence-electron chi connectivity index (χ4n) is 2.58. The van der Waals surface area contributed by atoms with Crippen LogP contribution in [0.5, 0.6) is 5.75 Å². The molecule has 1 fully saturated rings. The minimum atomic E-state index is 0.289. The Morgan fingerprint density at radius 1 is 1.21 bits per heavy atom. The third kappa shape index (κ3) is 3.82. The van der Waals surface area contributed by atoms with Crippen LogP contribution in [0.3, 0.4) is 0 Å². The zero-order valence-electron chi connectivity index (χ0n) is 11.0. The van der Waals surface area contributed by atoms with Gasteiger partial charge in [-0.3, -0.25) is 4.79 Å². The van der Waals surface area contributed by atoms with Crippen LogP contribution in [-0.2, 0) is 0 Å². The highest BCUT2D eigenvalue weighted by molar-refractivity contribution is 9.11. The maximum absolute atomic E-state index is 10.8. The Bertz CT molecular complexity index is 428. The summed E-state index contributed by atoms with van der Waals surface area (Å²) >= 11 is 6.95. The lowest BCUT2D eigenvalue weighted by Crippen LogP contribution is -2.24. The van der Waals surface area contributed by atoms with E-state index in [1.807, 2.05) is 0 Å². The highest BCUT2D eigenvalue weighted by atomic mass is 79.9. The number of carbonyl (C=O) groups excluding carboxylic acids is 1. The highest BCUT2D eigenvalue weighted by Gasteiger charge is 2.22. The Morgan fingerprint density at radius 3 is 2.26 bits per heavy atom. The minimum Gasteiger partial charge on any atom is -0.488 e. The summed E-state index contributed by atoms with van der Waals surface area (Å²) in [6, 6.07) is 3.59. The van der Waals surface area contributed by atoms with Crippen LogP contribution in [0.1, 0.15) is 49.4 Å². The molecule has 0 bridgehead atoms. The maximum Gasteiger partial charge on any atom is 0.150 e. The number of ether oxygens (including phenoxy) is 1. The van der Waals surface area contributed by atoms with Crippen molar-refractivity contribution in [2.24, 2.45) is 5.92 Å². The van der Waals surface area contributed by atoms with Crippen LogP contribution in [0, 0.1) is 5.92 Å². The van der Waals surface area contributed by atoms with Crippen LogP contribution in [0.2, 0.25) is 0 Å². The largest absolute Gasteiger partial charge is 0.488 e. The van der Waals surface area contributed by atoms with E-state index in [1.165, 1.54) is 19.3 Å². The van der Waals surface area contributed by atoms with Gasteiger partial charge >= 0.3 is 0 Å². The zero-order valence-corrected chi connectivity index (χ0v) is 14.2. The zero-order chi connectivity index (χ0) is 13.8. The lowest BCUT2D eigenvalue weighted by Gasteiger charge is -2.29. The van der Waals surface area contributed by atoms with Crippen LogP contribution in [0.25, 0.3) is 0 Å². The van der Waals surface area contributed by atoms with E-state index in [0.717, 1.165) is 39.7 Å². The summed E-state index contributed by atoms with van der Waals surface area (Å²) in [5.41, 5.74) is 0.640.